The van der Waals surface area contributed by atoms with Crippen LogP contribution in [0.2, 0.25) is 0 Å². The van der Waals surface area contributed by atoms with Crippen LogP contribution in [0.1, 0.15) is 27.2 Å². The fraction of sp³-hybridized carbons (Fsp3) is 0.500. The Labute approximate surface area is 170 Å². The van der Waals surface area contributed by atoms with Crippen LogP contribution >= 0.6 is 0 Å². The zero-order valence-corrected chi connectivity index (χ0v) is 17.0. The molecule has 2 bridgehead atoms. The van der Waals surface area contributed by atoms with Crippen LogP contribution in [-0.4, -0.2) is 42.5 Å². The normalized spacial score (nSPS) is 29.4. The van der Waals surface area contributed by atoms with Crippen LogP contribution < -0.4 is 15.5 Å². The smallest absolute Gasteiger partial charge is 0.234 e. The van der Waals surface area contributed by atoms with Gasteiger partial charge in [-0.3, -0.25) is 14.4 Å². The minimum absolute atomic E-state index is 0.0897. The monoisotopic (exact) mass is 397 g/mol. The van der Waals surface area contributed by atoms with Gasteiger partial charge < -0.3 is 20.3 Å². The van der Waals surface area contributed by atoms with Gasteiger partial charge in [-0.25, -0.2) is 0 Å². The highest BCUT2D eigenvalue weighted by atomic mass is 16.5. The summed E-state index contributed by atoms with van der Waals surface area (Å²) in [7, 11) is 0. The summed E-state index contributed by atoms with van der Waals surface area (Å²) in [5.74, 6) is -0.849. The van der Waals surface area contributed by atoms with E-state index in [4.69, 9.17) is 4.74 Å². The molecule has 154 valence electrons. The number of carbonyl (C=O) groups excluding carboxylic acids is 3. The van der Waals surface area contributed by atoms with Gasteiger partial charge in [0.25, 0.3) is 0 Å². The lowest BCUT2D eigenvalue weighted by Gasteiger charge is -2.23. The SMILES string of the molecule is CC(=O)Nc1ccc(N2C[C@@]34C=C[C@@H](O3)C(C(=O)NCCC(C)C)[C@H]4C2=O)cc1. The molecule has 2 fully saturated rings. The van der Waals surface area contributed by atoms with Gasteiger partial charge in [0.15, 0.2) is 0 Å². The van der Waals surface area contributed by atoms with Crippen molar-refractivity contribution in [3.05, 3.63) is 36.4 Å². The third-order valence-electron chi connectivity index (χ3n) is 5.92. The first-order valence-electron chi connectivity index (χ1n) is 10.1. The van der Waals surface area contributed by atoms with E-state index in [-0.39, 0.29) is 23.8 Å². The summed E-state index contributed by atoms with van der Waals surface area (Å²) in [6.45, 7) is 6.66. The predicted octanol–water partition coefficient (Wildman–Crippen LogP) is 2.09. The van der Waals surface area contributed by atoms with Gasteiger partial charge in [-0.2, -0.15) is 0 Å². The summed E-state index contributed by atoms with van der Waals surface area (Å²) in [5.41, 5.74) is 0.663. The van der Waals surface area contributed by atoms with Crippen molar-refractivity contribution in [1.29, 1.82) is 0 Å². The third kappa shape index (κ3) is 3.44. The number of fused-ring (bicyclic) bond motifs is 1. The van der Waals surface area contributed by atoms with Crippen molar-refractivity contribution in [2.75, 3.05) is 23.3 Å². The minimum Gasteiger partial charge on any atom is -0.360 e. The van der Waals surface area contributed by atoms with Crippen molar-refractivity contribution in [3.63, 3.8) is 0 Å². The van der Waals surface area contributed by atoms with E-state index in [1.165, 1.54) is 6.92 Å². The Morgan fingerprint density at radius 3 is 2.66 bits per heavy atom. The minimum atomic E-state index is -0.738. The molecule has 2 N–H and O–H groups in total. The van der Waals surface area contributed by atoms with E-state index in [0.29, 0.717) is 24.7 Å². The molecule has 3 aliphatic rings. The molecule has 7 heteroatoms. The fourth-order valence-electron chi connectivity index (χ4n) is 4.55. The van der Waals surface area contributed by atoms with Crippen LogP contribution in [0.5, 0.6) is 0 Å². The fourth-order valence-corrected chi connectivity index (χ4v) is 4.55. The van der Waals surface area contributed by atoms with E-state index in [1.54, 1.807) is 29.2 Å². The van der Waals surface area contributed by atoms with E-state index in [0.717, 1.165) is 12.1 Å². The van der Waals surface area contributed by atoms with Crippen molar-refractivity contribution >= 4 is 29.1 Å². The van der Waals surface area contributed by atoms with Crippen LogP contribution in [0, 0.1) is 17.8 Å². The topological polar surface area (TPSA) is 87.7 Å². The maximum absolute atomic E-state index is 13.3. The van der Waals surface area contributed by atoms with Gasteiger partial charge in [-0.05, 0) is 36.6 Å². The van der Waals surface area contributed by atoms with Gasteiger partial charge in [-0.15, -0.1) is 0 Å². The van der Waals surface area contributed by atoms with E-state index in [9.17, 15) is 14.4 Å². The molecular formula is C22H27N3O4. The maximum Gasteiger partial charge on any atom is 0.234 e. The Morgan fingerprint density at radius 2 is 2.00 bits per heavy atom. The molecule has 4 atom stereocenters. The Hall–Kier alpha value is -2.67. The summed E-state index contributed by atoms with van der Waals surface area (Å²) in [5, 5.41) is 5.70. The predicted molar refractivity (Wildman–Crippen MR) is 109 cm³/mol. The zero-order chi connectivity index (χ0) is 20.8. The Morgan fingerprint density at radius 1 is 1.28 bits per heavy atom. The van der Waals surface area contributed by atoms with Crippen molar-refractivity contribution in [2.45, 2.75) is 38.9 Å². The standard InChI is InChI=1S/C22H27N3O4/c1-13(2)9-11-23-20(27)18-17-8-10-22(29-17)12-25(21(28)19(18)22)16-6-4-15(5-7-16)24-14(3)26/h4-8,10,13,17-19H,9,11-12H2,1-3H3,(H,23,27)(H,24,26)/t17-,18?,19+,22-/m1/s1. The van der Waals surface area contributed by atoms with Crippen molar-refractivity contribution in [1.82, 2.24) is 5.32 Å². The number of nitrogens with zero attached hydrogens (tertiary/aromatic N) is 1. The largest absolute Gasteiger partial charge is 0.360 e. The molecular weight excluding hydrogens is 370 g/mol. The van der Waals surface area contributed by atoms with Crippen LogP contribution in [0.4, 0.5) is 11.4 Å². The van der Waals surface area contributed by atoms with E-state index >= 15 is 0 Å². The number of hydrogen-bond donors (Lipinski definition) is 2. The van der Waals surface area contributed by atoms with Crippen LogP contribution in [-0.2, 0) is 19.1 Å². The highest BCUT2D eigenvalue weighted by molar-refractivity contribution is 6.03. The first-order chi connectivity index (χ1) is 13.8. The molecule has 1 aromatic rings. The van der Waals surface area contributed by atoms with Crippen LogP contribution in [0.25, 0.3) is 0 Å². The number of hydrogen-bond acceptors (Lipinski definition) is 4. The summed E-state index contributed by atoms with van der Waals surface area (Å²) >= 11 is 0. The Kier molecular flexibility index (Phi) is 4.94. The first kappa shape index (κ1) is 19.6. The summed E-state index contributed by atoms with van der Waals surface area (Å²) in [6.07, 6.45) is 4.42. The lowest BCUT2D eigenvalue weighted by Crippen LogP contribution is -2.44. The van der Waals surface area contributed by atoms with E-state index in [1.807, 2.05) is 12.2 Å². The van der Waals surface area contributed by atoms with Gasteiger partial charge in [0.1, 0.15) is 5.60 Å². The molecule has 1 spiro atoms. The zero-order valence-electron chi connectivity index (χ0n) is 17.0. The highest BCUT2D eigenvalue weighted by Gasteiger charge is 2.67. The molecule has 0 radical (unpaired) electrons. The first-order valence-corrected chi connectivity index (χ1v) is 10.1. The van der Waals surface area contributed by atoms with E-state index in [2.05, 4.69) is 24.5 Å². The molecule has 3 amide bonds. The third-order valence-corrected chi connectivity index (χ3v) is 5.92. The number of anilines is 2. The number of rotatable bonds is 6. The number of carbonyl (C=O) groups is 3. The van der Waals surface area contributed by atoms with Gasteiger partial charge in [0.05, 0.1) is 24.5 Å². The molecule has 3 aliphatic heterocycles. The second kappa shape index (κ2) is 7.30. The van der Waals surface area contributed by atoms with Crippen molar-refractivity contribution < 1.29 is 19.1 Å². The summed E-state index contributed by atoms with van der Waals surface area (Å²) in [4.78, 5) is 39.0. The average Bonchev–Trinajstić information content (AvgIpc) is 3.30. The molecule has 1 unspecified atom stereocenters. The molecule has 4 rings (SSSR count). The molecule has 0 aromatic heterocycles. The van der Waals surface area contributed by atoms with Gasteiger partial charge in [0, 0.05) is 24.8 Å². The summed E-state index contributed by atoms with van der Waals surface area (Å²) < 4.78 is 6.15. The van der Waals surface area contributed by atoms with Gasteiger partial charge in [0.2, 0.25) is 17.7 Å². The molecule has 1 aromatic carbocycles. The van der Waals surface area contributed by atoms with Gasteiger partial charge >= 0.3 is 0 Å². The second-order valence-corrected chi connectivity index (χ2v) is 8.53. The van der Waals surface area contributed by atoms with Crippen molar-refractivity contribution in [3.8, 4) is 0 Å². The maximum atomic E-state index is 13.3. The molecule has 2 saturated heterocycles. The van der Waals surface area contributed by atoms with Crippen LogP contribution in [0.15, 0.2) is 36.4 Å². The molecule has 0 aliphatic carbocycles. The number of nitrogens with one attached hydrogen (secondary N) is 2. The van der Waals surface area contributed by atoms with Gasteiger partial charge in [-0.1, -0.05) is 26.0 Å². The lowest BCUT2D eigenvalue weighted by molar-refractivity contribution is -0.131. The molecule has 7 nitrogen and oxygen atoms in total. The number of amides is 3. The molecule has 29 heavy (non-hydrogen) atoms. The van der Waals surface area contributed by atoms with Crippen LogP contribution in [0.3, 0.4) is 0 Å². The average molecular weight is 397 g/mol. The lowest BCUT2D eigenvalue weighted by atomic mass is 9.77. The number of ether oxygens (including phenoxy) is 1. The Balaban J connectivity index is 1.52. The molecule has 3 heterocycles. The number of benzene rings is 1. The second-order valence-electron chi connectivity index (χ2n) is 8.53. The van der Waals surface area contributed by atoms with Crippen molar-refractivity contribution in [2.24, 2.45) is 17.8 Å². The highest BCUT2D eigenvalue weighted by Crippen LogP contribution is 2.52. The Bertz CT molecular complexity index is 863. The molecule has 0 saturated carbocycles. The summed E-state index contributed by atoms with van der Waals surface area (Å²) in [6, 6.07) is 7.13. The van der Waals surface area contributed by atoms with E-state index < -0.39 is 17.4 Å². The quantitative estimate of drug-likeness (QED) is 0.720.